The molecule has 9 nitrogen and oxygen atoms in total. The van der Waals surface area contributed by atoms with E-state index in [2.05, 4.69) is 15.5 Å². The fourth-order valence-electron chi connectivity index (χ4n) is 3.91. The van der Waals surface area contributed by atoms with Gasteiger partial charge in [0.1, 0.15) is 10.6 Å². The van der Waals surface area contributed by atoms with Crippen molar-refractivity contribution in [2.24, 2.45) is 10.2 Å². The van der Waals surface area contributed by atoms with Crippen LogP contribution in [0.25, 0.3) is 10.8 Å². The SMILES string of the molecule is CCc1ccc(Cl)c(S(=O)(=O)O)c1N=Nc1c([O-])c(C(=O)Nc2cccc(Cl)c2OC)cc2ccccc12.[Na+]. The number of nitrogens with one attached hydrogen (secondary N) is 1. The number of halogens is 2. The van der Waals surface area contributed by atoms with Crippen molar-refractivity contribution in [3.8, 4) is 11.5 Å². The summed E-state index contributed by atoms with van der Waals surface area (Å²) in [6, 6.07) is 15.8. The number of para-hydroxylation sites is 1. The van der Waals surface area contributed by atoms with Crippen LogP contribution < -0.4 is 44.7 Å². The third-order valence-corrected chi connectivity index (χ3v) is 7.35. The molecule has 4 aromatic carbocycles. The van der Waals surface area contributed by atoms with Crippen molar-refractivity contribution in [2.45, 2.75) is 18.2 Å². The van der Waals surface area contributed by atoms with Crippen molar-refractivity contribution in [1.29, 1.82) is 0 Å². The minimum absolute atomic E-state index is 0. The number of nitrogens with zero attached hydrogens (tertiary/aromatic N) is 2. The number of hydrogen-bond donors (Lipinski definition) is 2. The fraction of sp³-hybridized carbons (Fsp3) is 0.115. The fourth-order valence-corrected chi connectivity index (χ4v) is 5.34. The molecule has 0 spiro atoms. The summed E-state index contributed by atoms with van der Waals surface area (Å²) in [5, 5.41) is 25.2. The molecule has 39 heavy (non-hydrogen) atoms. The summed E-state index contributed by atoms with van der Waals surface area (Å²) >= 11 is 12.2. The average Bonchev–Trinajstić information content (AvgIpc) is 2.87. The van der Waals surface area contributed by atoms with Crippen molar-refractivity contribution in [2.75, 3.05) is 12.4 Å². The van der Waals surface area contributed by atoms with Crippen LogP contribution in [0.15, 0.2) is 75.8 Å². The van der Waals surface area contributed by atoms with Gasteiger partial charge in [-0.15, -0.1) is 5.11 Å². The first kappa shape index (κ1) is 30.8. The van der Waals surface area contributed by atoms with Gasteiger partial charge in [0.25, 0.3) is 16.0 Å². The van der Waals surface area contributed by atoms with Crippen LogP contribution >= 0.6 is 23.2 Å². The molecule has 0 atom stereocenters. The molecule has 13 heteroatoms. The van der Waals surface area contributed by atoms with Gasteiger partial charge in [0.2, 0.25) is 0 Å². The number of anilines is 1. The van der Waals surface area contributed by atoms with Crippen molar-refractivity contribution in [3.05, 3.63) is 81.8 Å². The van der Waals surface area contributed by atoms with Crippen molar-refractivity contribution >= 4 is 67.1 Å². The molecule has 0 unspecified atom stereocenters. The molecule has 0 saturated heterocycles. The van der Waals surface area contributed by atoms with Crippen LogP contribution in [-0.4, -0.2) is 26.0 Å². The molecule has 0 aromatic heterocycles. The molecule has 0 heterocycles. The van der Waals surface area contributed by atoms with Crippen molar-refractivity contribution in [3.63, 3.8) is 0 Å². The third kappa shape index (κ3) is 6.38. The maximum atomic E-state index is 13.5. The Kier molecular flexibility index (Phi) is 10.0. The molecule has 4 rings (SSSR count). The third-order valence-electron chi connectivity index (χ3n) is 5.70. The molecule has 1 amide bonds. The van der Waals surface area contributed by atoms with E-state index >= 15 is 0 Å². The van der Waals surface area contributed by atoms with Gasteiger partial charge in [0.15, 0.2) is 5.75 Å². The molecule has 0 radical (unpaired) electrons. The summed E-state index contributed by atoms with van der Waals surface area (Å²) in [5.41, 5.74) is 0.0325. The monoisotopic (exact) mass is 595 g/mol. The number of fused-ring (bicyclic) bond motifs is 1. The Morgan fingerprint density at radius 2 is 1.72 bits per heavy atom. The van der Waals surface area contributed by atoms with E-state index in [-0.39, 0.29) is 68.0 Å². The zero-order valence-electron chi connectivity index (χ0n) is 21.0. The molecule has 0 saturated carbocycles. The normalized spacial score (nSPS) is 11.4. The van der Waals surface area contributed by atoms with Crippen LogP contribution in [0.2, 0.25) is 10.0 Å². The number of carbonyl (C=O) groups excluding carboxylic acids is 1. The van der Waals surface area contributed by atoms with Crippen LogP contribution in [-0.2, 0) is 16.5 Å². The Morgan fingerprint density at radius 3 is 2.38 bits per heavy atom. The van der Waals surface area contributed by atoms with E-state index in [9.17, 15) is 22.9 Å². The number of ether oxygens (including phenoxy) is 1. The Labute approximate surface area is 256 Å². The van der Waals surface area contributed by atoms with Gasteiger partial charge in [0, 0.05) is 10.9 Å². The second kappa shape index (κ2) is 12.6. The van der Waals surface area contributed by atoms with E-state index in [1.54, 1.807) is 55.5 Å². The van der Waals surface area contributed by atoms with Crippen LogP contribution in [0, 0.1) is 0 Å². The minimum Gasteiger partial charge on any atom is -0.870 e. The van der Waals surface area contributed by atoms with Gasteiger partial charge in [-0.05, 0) is 41.6 Å². The first-order valence-electron chi connectivity index (χ1n) is 11.1. The van der Waals surface area contributed by atoms with Crippen LogP contribution in [0.4, 0.5) is 17.1 Å². The van der Waals surface area contributed by atoms with E-state index in [1.165, 1.54) is 19.2 Å². The van der Waals surface area contributed by atoms with E-state index in [0.717, 1.165) is 0 Å². The van der Waals surface area contributed by atoms with Crippen molar-refractivity contribution < 1.29 is 57.2 Å². The standard InChI is InChI=1S/C26H21Cl2N3O6S.Na/c1-3-14-11-12-19(28)25(38(34,35)36)21(14)30-31-22-16-8-5-4-7-15(16)13-17(23(22)32)26(33)29-20-10-6-9-18(27)24(20)37-2;/h4-13,32H,3H2,1-2H3,(H,29,33)(H,34,35,36);/q;+1/p-1. The first-order valence-corrected chi connectivity index (χ1v) is 13.3. The predicted molar refractivity (Wildman–Crippen MR) is 144 cm³/mol. The van der Waals surface area contributed by atoms with Gasteiger partial charge in [0.05, 0.1) is 28.5 Å². The number of amides is 1. The molecule has 4 aromatic rings. The first-order chi connectivity index (χ1) is 18.1. The number of rotatable bonds is 7. The number of methoxy groups -OCH3 is 1. The number of azo groups is 1. The van der Waals surface area contributed by atoms with Crippen molar-refractivity contribution in [1.82, 2.24) is 0 Å². The molecule has 0 aliphatic rings. The van der Waals surface area contributed by atoms with Gasteiger partial charge in [-0.3, -0.25) is 9.35 Å². The smallest absolute Gasteiger partial charge is 0.870 e. The maximum Gasteiger partial charge on any atom is 1.00 e. The van der Waals surface area contributed by atoms with E-state index in [1.807, 2.05) is 0 Å². The minimum atomic E-state index is -4.77. The number of benzene rings is 4. The number of hydrogen-bond acceptors (Lipinski definition) is 7. The molecule has 0 aliphatic heterocycles. The van der Waals surface area contributed by atoms with Gasteiger partial charge in [-0.1, -0.05) is 72.3 Å². The van der Waals surface area contributed by atoms with Crippen LogP contribution in [0.5, 0.6) is 11.5 Å². The Hall–Kier alpha value is -2.70. The largest absolute Gasteiger partial charge is 1.00 e. The molecule has 0 aliphatic carbocycles. The van der Waals surface area contributed by atoms with Gasteiger partial charge < -0.3 is 15.2 Å². The van der Waals surface area contributed by atoms with Gasteiger partial charge in [-0.25, -0.2) is 0 Å². The summed E-state index contributed by atoms with van der Waals surface area (Å²) in [6.45, 7) is 1.75. The molecule has 0 fully saturated rings. The number of carbonyl (C=O) groups is 1. The summed E-state index contributed by atoms with van der Waals surface area (Å²) in [4.78, 5) is 12.6. The zero-order valence-corrected chi connectivity index (χ0v) is 25.4. The van der Waals surface area contributed by atoms with E-state index < -0.39 is 26.7 Å². The summed E-state index contributed by atoms with van der Waals surface area (Å²) in [5.74, 6) is -1.27. The summed E-state index contributed by atoms with van der Waals surface area (Å²) in [6.07, 6.45) is 0.336. The quantitative estimate of drug-likeness (QED) is 0.189. The average molecular weight is 596 g/mol. The second-order valence-corrected chi connectivity index (χ2v) is 10.2. The maximum absolute atomic E-state index is 13.5. The van der Waals surface area contributed by atoms with Gasteiger partial charge in [-0.2, -0.15) is 13.5 Å². The van der Waals surface area contributed by atoms with Crippen LogP contribution in [0.3, 0.4) is 0 Å². The molecule has 2 N–H and O–H groups in total. The molecule has 0 bridgehead atoms. The topological polar surface area (TPSA) is 140 Å². The zero-order chi connectivity index (χ0) is 27.6. The van der Waals surface area contributed by atoms with E-state index in [0.29, 0.717) is 22.8 Å². The summed E-state index contributed by atoms with van der Waals surface area (Å²) in [7, 11) is -3.38. The molecular formula is C26H20Cl2N3NaO6S. The number of aryl methyl sites for hydroxylation is 1. The van der Waals surface area contributed by atoms with Gasteiger partial charge >= 0.3 is 29.6 Å². The second-order valence-electron chi connectivity index (χ2n) is 8.01. The molecular weight excluding hydrogens is 576 g/mol. The van der Waals surface area contributed by atoms with E-state index in [4.69, 9.17) is 27.9 Å². The predicted octanol–water partition coefficient (Wildman–Crippen LogP) is 3.71. The molecule has 196 valence electrons. The Bertz CT molecular complexity index is 1710. The summed E-state index contributed by atoms with van der Waals surface area (Å²) < 4.78 is 39.1. The Balaban J connectivity index is 0.00000420. The Morgan fingerprint density at radius 1 is 1.03 bits per heavy atom. The van der Waals surface area contributed by atoms with Crippen LogP contribution in [0.1, 0.15) is 22.8 Å².